The van der Waals surface area contributed by atoms with Crippen LogP contribution in [0.25, 0.3) is 0 Å². The summed E-state index contributed by atoms with van der Waals surface area (Å²) in [6.45, 7) is 3.86. The van der Waals surface area contributed by atoms with Gasteiger partial charge in [0.05, 0.1) is 13.3 Å². The molecule has 2 aromatic carbocycles. The van der Waals surface area contributed by atoms with E-state index < -0.39 is 5.91 Å². The van der Waals surface area contributed by atoms with Gasteiger partial charge in [-0.15, -0.1) is 0 Å². The number of methoxy groups -OCH3 is 1. The van der Waals surface area contributed by atoms with Crippen molar-refractivity contribution in [2.75, 3.05) is 45.2 Å². The van der Waals surface area contributed by atoms with Crippen molar-refractivity contribution >= 4 is 11.9 Å². The number of amides is 1. The molecule has 0 saturated carbocycles. The number of hydrogen-bond donors (Lipinski definition) is 1. The van der Waals surface area contributed by atoms with Crippen LogP contribution in [0.3, 0.4) is 0 Å². The number of piperazine rings is 1. The van der Waals surface area contributed by atoms with E-state index in [1.807, 2.05) is 24.3 Å². The van der Waals surface area contributed by atoms with E-state index in [1.54, 1.807) is 37.6 Å². The van der Waals surface area contributed by atoms with Crippen molar-refractivity contribution in [3.05, 3.63) is 65.9 Å². The van der Waals surface area contributed by atoms with Crippen LogP contribution in [0.5, 0.6) is 23.1 Å². The maximum Gasteiger partial charge on any atom is 0.263 e. The Bertz CT molecular complexity index is 1080. The Hall–Kier alpha value is -3.85. The Kier molecular flexibility index (Phi) is 6.89. The third-order valence-electron chi connectivity index (χ3n) is 5.40. The molecular weight excluding hydrogens is 422 g/mol. The van der Waals surface area contributed by atoms with Crippen LogP contribution in [0.15, 0.2) is 54.7 Å². The van der Waals surface area contributed by atoms with Crippen LogP contribution in [0.4, 0.5) is 5.95 Å². The lowest BCUT2D eigenvalue weighted by molar-refractivity contribution is 0.100. The smallest absolute Gasteiger partial charge is 0.263 e. The van der Waals surface area contributed by atoms with Crippen molar-refractivity contribution in [3.8, 4) is 23.1 Å². The molecule has 0 atom stereocenters. The predicted molar refractivity (Wildman–Crippen MR) is 124 cm³/mol. The topological polar surface area (TPSA) is 103 Å². The van der Waals surface area contributed by atoms with Gasteiger partial charge in [-0.05, 0) is 49.0 Å². The average molecular weight is 450 g/mol. The average Bonchev–Trinajstić information content (AvgIpc) is 2.84. The lowest BCUT2D eigenvalue weighted by atomic mass is 10.2. The molecule has 3 aromatic rings. The summed E-state index contributed by atoms with van der Waals surface area (Å²) >= 11 is 0. The Balaban J connectivity index is 1.56. The molecule has 1 saturated heterocycles. The molecule has 0 bridgehead atoms. The van der Waals surface area contributed by atoms with Gasteiger partial charge in [0.25, 0.3) is 5.88 Å². The van der Waals surface area contributed by atoms with Crippen molar-refractivity contribution in [1.29, 1.82) is 0 Å². The first-order valence-corrected chi connectivity index (χ1v) is 10.7. The summed E-state index contributed by atoms with van der Waals surface area (Å²) in [6, 6.07) is 14.2. The molecule has 2 heterocycles. The first-order valence-electron chi connectivity index (χ1n) is 10.7. The molecule has 0 aliphatic carbocycles. The van der Waals surface area contributed by atoms with Crippen molar-refractivity contribution in [2.24, 2.45) is 5.73 Å². The van der Waals surface area contributed by atoms with Gasteiger partial charge in [0, 0.05) is 31.7 Å². The quantitative estimate of drug-likeness (QED) is 0.560. The molecule has 1 aromatic heterocycles. The van der Waals surface area contributed by atoms with E-state index in [9.17, 15) is 4.79 Å². The number of carbonyl (C=O) groups is 1. The van der Waals surface area contributed by atoms with Crippen LogP contribution in [0.2, 0.25) is 0 Å². The summed E-state index contributed by atoms with van der Waals surface area (Å²) in [5, 5.41) is 0. The molecule has 0 spiro atoms. The lowest BCUT2D eigenvalue weighted by Crippen LogP contribution is -2.45. The second kappa shape index (κ2) is 10.2. The molecule has 1 aliphatic heterocycles. The number of benzene rings is 2. The van der Waals surface area contributed by atoms with Crippen LogP contribution in [0.1, 0.15) is 15.9 Å². The van der Waals surface area contributed by atoms with E-state index in [0.717, 1.165) is 37.5 Å². The van der Waals surface area contributed by atoms with Crippen LogP contribution in [-0.4, -0.2) is 61.1 Å². The zero-order valence-corrected chi connectivity index (χ0v) is 18.7. The fourth-order valence-electron chi connectivity index (χ4n) is 3.37. The van der Waals surface area contributed by atoms with Gasteiger partial charge in [-0.2, -0.15) is 4.98 Å². The van der Waals surface area contributed by atoms with Gasteiger partial charge in [0.15, 0.2) is 0 Å². The number of rotatable bonds is 8. The van der Waals surface area contributed by atoms with E-state index in [2.05, 4.69) is 26.8 Å². The number of carbonyl (C=O) groups excluding carboxylic acids is 1. The van der Waals surface area contributed by atoms with Gasteiger partial charge in [-0.1, -0.05) is 12.1 Å². The normalized spacial score (nSPS) is 14.1. The maximum absolute atomic E-state index is 11.3. The lowest BCUT2D eigenvalue weighted by Gasteiger charge is -2.32. The van der Waals surface area contributed by atoms with E-state index in [-0.39, 0.29) is 0 Å². The first-order chi connectivity index (χ1) is 16.0. The third kappa shape index (κ3) is 5.69. The third-order valence-corrected chi connectivity index (χ3v) is 5.40. The highest BCUT2D eigenvalue weighted by Crippen LogP contribution is 2.32. The van der Waals surface area contributed by atoms with Crippen molar-refractivity contribution in [3.63, 3.8) is 0 Å². The number of ether oxygens (including phenoxy) is 3. The Morgan fingerprint density at radius 2 is 1.67 bits per heavy atom. The number of likely N-dealkylation sites (N-methyl/N-ethyl adjacent to an activating group) is 1. The monoisotopic (exact) mass is 449 g/mol. The summed E-state index contributed by atoms with van der Waals surface area (Å²) in [6.07, 6.45) is 1.62. The second-order valence-corrected chi connectivity index (χ2v) is 7.76. The number of nitrogens with zero attached hydrogens (tertiary/aromatic N) is 4. The zero-order valence-electron chi connectivity index (χ0n) is 18.7. The van der Waals surface area contributed by atoms with Gasteiger partial charge in [-0.25, -0.2) is 4.98 Å². The van der Waals surface area contributed by atoms with Crippen molar-refractivity contribution in [2.45, 2.75) is 6.61 Å². The zero-order chi connectivity index (χ0) is 23.2. The summed E-state index contributed by atoms with van der Waals surface area (Å²) in [7, 11) is 3.73. The molecule has 1 fully saturated rings. The number of anilines is 1. The van der Waals surface area contributed by atoms with Gasteiger partial charge >= 0.3 is 0 Å². The summed E-state index contributed by atoms with van der Waals surface area (Å²) in [5.74, 6) is 2.13. The largest absolute Gasteiger partial charge is 0.497 e. The molecule has 172 valence electrons. The van der Waals surface area contributed by atoms with Crippen LogP contribution in [-0.2, 0) is 6.61 Å². The Morgan fingerprint density at radius 1 is 1.00 bits per heavy atom. The fraction of sp³-hybridized carbons (Fsp3) is 0.292. The number of aromatic nitrogens is 2. The number of primary amides is 1. The minimum atomic E-state index is -0.495. The fourth-order valence-corrected chi connectivity index (χ4v) is 3.37. The van der Waals surface area contributed by atoms with Gasteiger partial charge < -0.3 is 29.7 Å². The van der Waals surface area contributed by atoms with Crippen molar-refractivity contribution in [1.82, 2.24) is 14.9 Å². The molecular formula is C24H27N5O4. The minimum Gasteiger partial charge on any atom is -0.497 e. The highest BCUT2D eigenvalue weighted by molar-refractivity contribution is 5.92. The number of nitrogens with two attached hydrogens (primary N) is 1. The molecule has 2 N–H and O–H groups in total. The summed E-state index contributed by atoms with van der Waals surface area (Å²) in [5.41, 5.74) is 6.68. The molecule has 1 amide bonds. The molecule has 4 rings (SSSR count). The molecule has 33 heavy (non-hydrogen) atoms. The maximum atomic E-state index is 11.3. The number of hydrogen-bond acceptors (Lipinski definition) is 8. The standard InChI is InChI=1S/C24H27N5O4/c1-28-11-13-29(14-12-28)24-26-15-21(33-20-9-5-18(6-10-20)22(25)30)23(27-24)32-16-17-3-7-19(31-2)8-4-17/h3-10,15H,11-14,16H2,1-2H3,(H2,25,30). The van der Waals surface area contributed by atoms with E-state index in [0.29, 0.717) is 35.5 Å². The molecule has 9 nitrogen and oxygen atoms in total. The molecule has 0 radical (unpaired) electrons. The van der Waals surface area contributed by atoms with E-state index >= 15 is 0 Å². The second-order valence-electron chi connectivity index (χ2n) is 7.76. The Morgan fingerprint density at radius 3 is 2.30 bits per heavy atom. The van der Waals surface area contributed by atoms with Crippen LogP contribution in [0, 0.1) is 0 Å². The minimum absolute atomic E-state index is 0.306. The van der Waals surface area contributed by atoms with E-state index in [4.69, 9.17) is 19.9 Å². The predicted octanol–water partition coefficient (Wildman–Crippen LogP) is 2.71. The highest BCUT2D eigenvalue weighted by atomic mass is 16.5. The Labute approximate surface area is 192 Å². The van der Waals surface area contributed by atoms with Gasteiger partial charge in [0.2, 0.25) is 17.6 Å². The van der Waals surface area contributed by atoms with Crippen molar-refractivity contribution < 1.29 is 19.0 Å². The SMILES string of the molecule is COc1ccc(COc2nc(N3CCN(C)CC3)ncc2Oc2ccc(C(N)=O)cc2)cc1. The molecule has 9 heteroatoms. The first kappa shape index (κ1) is 22.3. The summed E-state index contributed by atoms with van der Waals surface area (Å²) < 4.78 is 17.2. The highest BCUT2D eigenvalue weighted by Gasteiger charge is 2.19. The van der Waals surface area contributed by atoms with Crippen LogP contribution < -0.4 is 24.8 Å². The van der Waals surface area contributed by atoms with E-state index in [1.165, 1.54) is 0 Å². The van der Waals surface area contributed by atoms with Crippen LogP contribution >= 0.6 is 0 Å². The summed E-state index contributed by atoms with van der Waals surface area (Å²) in [4.78, 5) is 24.9. The van der Waals surface area contributed by atoms with Gasteiger partial charge in [-0.3, -0.25) is 4.79 Å². The molecule has 1 aliphatic rings. The molecule has 0 unspecified atom stereocenters. The van der Waals surface area contributed by atoms with Gasteiger partial charge in [0.1, 0.15) is 18.1 Å².